The van der Waals surface area contributed by atoms with Gasteiger partial charge in [-0.2, -0.15) is 0 Å². The van der Waals surface area contributed by atoms with E-state index in [4.69, 9.17) is 5.40 Å². The standard InChI is InChI=1S/C8H20NSi/c1-7(2)5-10(9)6-8(3)4/h7-8H,5-6,9H2,1-4H3. The van der Waals surface area contributed by atoms with Gasteiger partial charge in [0.15, 0.2) is 0 Å². The van der Waals surface area contributed by atoms with Crippen LogP contribution in [0.3, 0.4) is 0 Å². The van der Waals surface area contributed by atoms with Crippen molar-refractivity contribution in [1.82, 2.24) is 0 Å². The smallest absolute Gasteiger partial charge is 0.131 e. The summed E-state index contributed by atoms with van der Waals surface area (Å²) >= 11 is 0. The third-order valence-electron chi connectivity index (χ3n) is 1.34. The molecule has 0 fully saturated rings. The number of nitrogens with two attached hydrogens (primary N) is 1. The molecule has 0 saturated heterocycles. The average Bonchev–Trinajstić information content (AvgIpc) is 1.58. The summed E-state index contributed by atoms with van der Waals surface area (Å²) in [6.45, 7) is 8.99. The van der Waals surface area contributed by atoms with E-state index in [2.05, 4.69) is 27.7 Å². The SMILES string of the molecule is CC(C)C[Si](N)CC(C)C. The normalized spacial score (nSPS) is 12.0. The van der Waals surface area contributed by atoms with Crippen molar-refractivity contribution in [3.05, 3.63) is 0 Å². The molecule has 0 spiro atoms. The molecule has 61 valence electrons. The Kier molecular flexibility index (Phi) is 5.00. The van der Waals surface area contributed by atoms with Crippen LogP contribution in [0.2, 0.25) is 12.1 Å². The Bertz CT molecular complexity index is 71.3. The third-order valence-corrected chi connectivity index (χ3v) is 4.02. The van der Waals surface area contributed by atoms with Crippen LogP contribution in [0.4, 0.5) is 0 Å². The van der Waals surface area contributed by atoms with E-state index in [0.717, 1.165) is 11.8 Å². The molecule has 1 radical (unpaired) electrons. The van der Waals surface area contributed by atoms with Crippen LogP contribution in [-0.2, 0) is 0 Å². The van der Waals surface area contributed by atoms with Crippen LogP contribution in [0.25, 0.3) is 0 Å². The molecule has 0 atom stereocenters. The summed E-state index contributed by atoms with van der Waals surface area (Å²) in [6.07, 6.45) is 0. The first-order valence-electron chi connectivity index (χ1n) is 4.12. The van der Waals surface area contributed by atoms with E-state index in [9.17, 15) is 0 Å². The minimum atomic E-state index is -0.489. The lowest BCUT2D eigenvalue weighted by molar-refractivity contribution is 0.689. The van der Waals surface area contributed by atoms with Gasteiger partial charge in [-0.05, 0) is 23.9 Å². The van der Waals surface area contributed by atoms with E-state index in [0.29, 0.717) is 0 Å². The van der Waals surface area contributed by atoms with Crippen molar-refractivity contribution >= 4 is 8.96 Å². The molecule has 0 aromatic carbocycles. The first kappa shape index (κ1) is 10.2. The Morgan fingerprint density at radius 2 is 1.30 bits per heavy atom. The zero-order valence-electron chi connectivity index (χ0n) is 7.65. The van der Waals surface area contributed by atoms with Gasteiger partial charge in [-0.25, -0.2) is 0 Å². The summed E-state index contributed by atoms with van der Waals surface area (Å²) in [5.74, 6) is 1.58. The van der Waals surface area contributed by atoms with E-state index in [1.165, 1.54) is 12.1 Å². The molecule has 0 aromatic heterocycles. The maximum absolute atomic E-state index is 5.98. The molecule has 0 amide bonds. The largest absolute Gasteiger partial charge is 0.351 e. The van der Waals surface area contributed by atoms with E-state index >= 15 is 0 Å². The maximum Gasteiger partial charge on any atom is 0.131 e. The fraction of sp³-hybridized carbons (Fsp3) is 1.00. The zero-order chi connectivity index (χ0) is 8.15. The lowest BCUT2D eigenvalue weighted by Gasteiger charge is -2.12. The molecule has 1 nitrogen and oxygen atoms in total. The van der Waals surface area contributed by atoms with Gasteiger partial charge >= 0.3 is 0 Å². The van der Waals surface area contributed by atoms with Gasteiger partial charge in [-0.3, -0.25) is 0 Å². The summed E-state index contributed by atoms with van der Waals surface area (Å²) in [5, 5.41) is 5.98. The van der Waals surface area contributed by atoms with Gasteiger partial charge < -0.3 is 5.40 Å². The van der Waals surface area contributed by atoms with Crippen molar-refractivity contribution in [3.63, 3.8) is 0 Å². The quantitative estimate of drug-likeness (QED) is 0.624. The van der Waals surface area contributed by atoms with E-state index in [-0.39, 0.29) is 0 Å². The predicted octanol–water partition coefficient (Wildman–Crippen LogP) is 2.25. The molecule has 0 aromatic rings. The topological polar surface area (TPSA) is 26.0 Å². The Morgan fingerprint density at radius 3 is 1.50 bits per heavy atom. The second-order valence-corrected chi connectivity index (χ2v) is 5.99. The lowest BCUT2D eigenvalue weighted by Crippen LogP contribution is -2.28. The summed E-state index contributed by atoms with van der Waals surface area (Å²) in [4.78, 5) is 0. The van der Waals surface area contributed by atoms with Gasteiger partial charge in [-0.15, -0.1) is 0 Å². The second kappa shape index (κ2) is 4.91. The minimum absolute atomic E-state index is 0.489. The van der Waals surface area contributed by atoms with Gasteiger partial charge in [0.05, 0.1) is 0 Å². The second-order valence-electron chi connectivity index (χ2n) is 3.85. The highest BCUT2D eigenvalue weighted by atomic mass is 28.3. The van der Waals surface area contributed by atoms with E-state index in [1.807, 2.05) is 0 Å². The summed E-state index contributed by atoms with van der Waals surface area (Å²) in [6, 6.07) is 2.53. The molecule has 0 aliphatic heterocycles. The van der Waals surface area contributed by atoms with Crippen molar-refractivity contribution in [3.8, 4) is 0 Å². The Balaban J connectivity index is 3.34. The predicted molar refractivity (Wildman–Crippen MR) is 49.2 cm³/mol. The molecule has 2 N–H and O–H groups in total. The molecular weight excluding hydrogens is 138 g/mol. The number of hydrogen-bond acceptors (Lipinski definition) is 1. The lowest BCUT2D eigenvalue weighted by atomic mass is 10.3. The summed E-state index contributed by atoms with van der Waals surface area (Å²) in [7, 11) is -0.489. The van der Waals surface area contributed by atoms with Crippen LogP contribution in [0.5, 0.6) is 0 Å². The fourth-order valence-electron chi connectivity index (χ4n) is 1.13. The molecule has 0 aliphatic carbocycles. The molecule has 0 heterocycles. The van der Waals surface area contributed by atoms with Crippen LogP contribution in [0.1, 0.15) is 27.7 Å². The molecular formula is C8H20NSi. The Hall–Kier alpha value is 0.177. The monoisotopic (exact) mass is 158 g/mol. The molecule has 0 rings (SSSR count). The fourth-order valence-corrected chi connectivity index (χ4v) is 3.40. The highest BCUT2D eigenvalue weighted by Crippen LogP contribution is 2.09. The zero-order valence-corrected chi connectivity index (χ0v) is 8.65. The molecule has 10 heavy (non-hydrogen) atoms. The van der Waals surface area contributed by atoms with Crippen molar-refractivity contribution in [2.24, 2.45) is 17.2 Å². The first-order valence-corrected chi connectivity index (χ1v) is 6.11. The molecule has 0 aliphatic rings. The molecule has 2 heteroatoms. The van der Waals surface area contributed by atoms with E-state index < -0.39 is 8.96 Å². The van der Waals surface area contributed by atoms with Gasteiger partial charge in [-0.1, -0.05) is 27.7 Å². The van der Waals surface area contributed by atoms with Crippen molar-refractivity contribution in [2.45, 2.75) is 39.8 Å². The van der Waals surface area contributed by atoms with Crippen molar-refractivity contribution in [2.75, 3.05) is 0 Å². The van der Waals surface area contributed by atoms with Crippen LogP contribution < -0.4 is 5.40 Å². The average molecular weight is 158 g/mol. The van der Waals surface area contributed by atoms with Gasteiger partial charge in [0, 0.05) is 0 Å². The van der Waals surface area contributed by atoms with Crippen molar-refractivity contribution in [1.29, 1.82) is 0 Å². The van der Waals surface area contributed by atoms with Gasteiger partial charge in [0.1, 0.15) is 8.96 Å². The summed E-state index contributed by atoms with van der Waals surface area (Å²) < 4.78 is 0. The first-order chi connectivity index (χ1) is 4.52. The summed E-state index contributed by atoms with van der Waals surface area (Å²) in [5.41, 5.74) is 0. The molecule has 0 saturated carbocycles. The highest BCUT2D eigenvalue weighted by Gasteiger charge is 2.09. The van der Waals surface area contributed by atoms with Crippen LogP contribution in [-0.4, -0.2) is 8.96 Å². The number of hydrogen-bond donors (Lipinski definition) is 1. The Morgan fingerprint density at radius 1 is 1.00 bits per heavy atom. The minimum Gasteiger partial charge on any atom is -0.351 e. The molecule has 0 bridgehead atoms. The Labute approximate surface area is 66.7 Å². The third kappa shape index (κ3) is 6.30. The maximum atomic E-state index is 5.98. The van der Waals surface area contributed by atoms with Crippen LogP contribution >= 0.6 is 0 Å². The van der Waals surface area contributed by atoms with E-state index in [1.54, 1.807) is 0 Å². The van der Waals surface area contributed by atoms with Crippen molar-refractivity contribution < 1.29 is 0 Å². The number of rotatable bonds is 4. The van der Waals surface area contributed by atoms with Gasteiger partial charge in [0.2, 0.25) is 0 Å². The molecule has 0 unspecified atom stereocenters. The van der Waals surface area contributed by atoms with Gasteiger partial charge in [0.25, 0.3) is 0 Å². The van der Waals surface area contributed by atoms with Crippen LogP contribution in [0, 0.1) is 11.8 Å². The highest BCUT2D eigenvalue weighted by molar-refractivity contribution is 6.55. The van der Waals surface area contributed by atoms with Crippen LogP contribution in [0.15, 0.2) is 0 Å².